The van der Waals surface area contributed by atoms with Gasteiger partial charge in [0, 0.05) is 18.4 Å². The third kappa shape index (κ3) is 3.94. The Hall–Kier alpha value is -0.990. The van der Waals surface area contributed by atoms with E-state index in [0.29, 0.717) is 11.8 Å². The first kappa shape index (κ1) is 12.1. The van der Waals surface area contributed by atoms with Crippen LogP contribution < -0.4 is 5.69 Å². The largest absolute Gasteiger partial charge is 0.325 e. The van der Waals surface area contributed by atoms with E-state index in [1.54, 1.807) is 4.57 Å². The maximum Gasteiger partial charge on any atom is 0.325 e. The molecule has 1 rings (SSSR count). The number of rotatable bonds is 5. The molecular weight excluding hydrogens is 188 g/mol. The van der Waals surface area contributed by atoms with E-state index in [2.05, 4.69) is 32.7 Å². The lowest BCUT2D eigenvalue weighted by molar-refractivity contribution is 0.508. The first-order valence-electron chi connectivity index (χ1n) is 5.77. The van der Waals surface area contributed by atoms with Crippen LogP contribution in [0.2, 0.25) is 0 Å². The monoisotopic (exact) mass is 210 g/mol. The minimum absolute atomic E-state index is 0.0336. The lowest BCUT2D eigenvalue weighted by atomic mass is 10.1. The van der Waals surface area contributed by atoms with Crippen molar-refractivity contribution in [3.8, 4) is 0 Å². The van der Waals surface area contributed by atoms with Crippen molar-refractivity contribution in [2.24, 2.45) is 11.8 Å². The average molecular weight is 210 g/mol. The molecule has 0 atom stereocenters. The molecule has 0 aliphatic carbocycles. The van der Waals surface area contributed by atoms with Crippen LogP contribution in [0.5, 0.6) is 0 Å². The van der Waals surface area contributed by atoms with Crippen LogP contribution in [-0.2, 0) is 13.0 Å². The lowest BCUT2D eigenvalue weighted by Crippen LogP contribution is -2.17. The smallest absolute Gasteiger partial charge is 0.310 e. The molecular formula is C12H22N2O. The molecule has 1 N–H and O–H groups in total. The number of nitrogens with zero attached hydrogens (tertiary/aromatic N) is 1. The lowest BCUT2D eigenvalue weighted by Gasteiger charge is -2.04. The van der Waals surface area contributed by atoms with Gasteiger partial charge in [-0.1, -0.05) is 27.7 Å². The normalized spacial score (nSPS) is 11.6. The van der Waals surface area contributed by atoms with Gasteiger partial charge in [0.05, 0.1) is 0 Å². The van der Waals surface area contributed by atoms with Gasteiger partial charge in [0.15, 0.2) is 0 Å². The summed E-state index contributed by atoms with van der Waals surface area (Å²) in [6, 6.07) is 0. The summed E-state index contributed by atoms with van der Waals surface area (Å²) in [5.41, 5.74) is 1.09. The van der Waals surface area contributed by atoms with Crippen molar-refractivity contribution in [2.75, 3.05) is 0 Å². The van der Waals surface area contributed by atoms with Crippen molar-refractivity contribution in [1.82, 2.24) is 9.55 Å². The fourth-order valence-corrected chi connectivity index (χ4v) is 1.60. The molecule has 0 unspecified atom stereocenters. The Morgan fingerprint density at radius 2 is 1.93 bits per heavy atom. The summed E-state index contributed by atoms with van der Waals surface area (Å²) in [7, 11) is 0. The van der Waals surface area contributed by atoms with Crippen LogP contribution in [0.15, 0.2) is 11.0 Å². The summed E-state index contributed by atoms with van der Waals surface area (Å²) in [5, 5.41) is 0. The molecule has 86 valence electrons. The van der Waals surface area contributed by atoms with E-state index in [4.69, 9.17) is 0 Å². The zero-order chi connectivity index (χ0) is 11.4. The van der Waals surface area contributed by atoms with E-state index in [0.717, 1.165) is 25.1 Å². The van der Waals surface area contributed by atoms with Crippen molar-refractivity contribution in [3.63, 3.8) is 0 Å². The van der Waals surface area contributed by atoms with Gasteiger partial charge in [0.1, 0.15) is 0 Å². The topological polar surface area (TPSA) is 37.8 Å². The van der Waals surface area contributed by atoms with Crippen molar-refractivity contribution in [1.29, 1.82) is 0 Å². The summed E-state index contributed by atoms with van der Waals surface area (Å²) in [4.78, 5) is 14.4. The molecule has 0 saturated carbocycles. The molecule has 3 nitrogen and oxygen atoms in total. The first-order valence-corrected chi connectivity index (χ1v) is 5.77. The summed E-state index contributed by atoms with van der Waals surface area (Å²) < 4.78 is 1.79. The maximum absolute atomic E-state index is 11.5. The Labute approximate surface area is 91.5 Å². The van der Waals surface area contributed by atoms with Gasteiger partial charge in [0.25, 0.3) is 0 Å². The molecule has 0 aromatic carbocycles. The average Bonchev–Trinajstić information content (AvgIpc) is 2.41. The van der Waals surface area contributed by atoms with Crippen LogP contribution in [-0.4, -0.2) is 9.55 Å². The molecule has 3 heteroatoms. The predicted molar refractivity (Wildman–Crippen MR) is 63.0 cm³/mol. The third-order valence-electron chi connectivity index (χ3n) is 2.42. The number of H-pyrrole nitrogens is 1. The van der Waals surface area contributed by atoms with Gasteiger partial charge in [-0.25, -0.2) is 4.79 Å². The molecule has 1 heterocycles. The summed E-state index contributed by atoms with van der Waals surface area (Å²) in [6.07, 6.45) is 3.97. The van der Waals surface area contributed by atoms with Crippen LogP contribution in [0.25, 0.3) is 0 Å². The van der Waals surface area contributed by atoms with Gasteiger partial charge < -0.3 is 4.98 Å². The first-order chi connectivity index (χ1) is 6.99. The Morgan fingerprint density at radius 1 is 1.27 bits per heavy atom. The zero-order valence-corrected chi connectivity index (χ0v) is 10.2. The molecule has 1 aromatic heterocycles. The Kier molecular flexibility index (Phi) is 4.18. The highest BCUT2D eigenvalue weighted by atomic mass is 16.1. The summed E-state index contributed by atoms with van der Waals surface area (Å²) in [5.74, 6) is 1.22. The highest BCUT2D eigenvalue weighted by Gasteiger charge is 2.05. The quantitative estimate of drug-likeness (QED) is 0.796. The molecule has 0 fully saturated rings. The number of aryl methyl sites for hydroxylation is 1. The number of hydrogen-bond acceptors (Lipinski definition) is 1. The van der Waals surface area contributed by atoms with Gasteiger partial charge >= 0.3 is 5.69 Å². The predicted octanol–water partition coefficient (Wildman–Crippen LogP) is 2.42. The highest BCUT2D eigenvalue weighted by Crippen LogP contribution is 2.05. The van der Waals surface area contributed by atoms with E-state index in [9.17, 15) is 4.79 Å². The van der Waals surface area contributed by atoms with Crippen LogP contribution in [0.1, 0.15) is 39.8 Å². The van der Waals surface area contributed by atoms with Gasteiger partial charge in [-0.2, -0.15) is 0 Å². The zero-order valence-electron chi connectivity index (χ0n) is 10.2. The fourth-order valence-electron chi connectivity index (χ4n) is 1.60. The minimum Gasteiger partial charge on any atom is -0.310 e. The molecule has 0 amide bonds. The van der Waals surface area contributed by atoms with E-state index >= 15 is 0 Å². The number of nitrogens with one attached hydrogen (secondary N) is 1. The van der Waals surface area contributed by atoms with Gasteiger partial charge in [0.2, 0.25) is 0 Å². The molecule has 0 saturated heterocycles. The second-order valence-electron chi connectivity index (χ2n) is 5.06. The van der Waals surface area contributed by atoms with Crippen LogP contribution in [0.4, 0.5) is 0 Å². The second-order valence-corrected chi connectivity index (χ2v) is 5.06. The summed E-state index contributed by atoms with van der Waals surface area (Å²) in [6.45, 7) is 9.48. The minimum atomic E-state index is 0.0336. The van der Waals surface area contributed by atoms with Crippen molar-refractivity contribution >= 4 is 0 Å². The highest BCUT2D eigenvalue weighted by molar-refractivity contribution is 4.97. The van der Waals surface area contributed by atoms with Gasteiger partial charge in [-0.05, 0) is 24.7 Å². The van der Waals surface area contributed by atoms with E-state index in [1.807, 2.05) is 6.20 Å². The number of imidazole rings is 1. The molecule has 0 aliphatic heterocycles. The number of hydrogen-bond donors (Lipinski definition) is 1. The third-order valence-corrected chi connectivity index (χ3v) is 2.42. The molecule has 0 aliphatic rings. The molecule has 15 heavy (non-hydrogen) atoms. The molecule has 0 spiro atoms. The number of aromatic amines is 1. The summed E-state index contributed by atoms with van der Waals surface area (Å²) >= 11 is 0. The van der Waals surface area contributed by atoms with Crippen LogP contribution in [0.3, 0.4) is 0 Å². The SMILES string of the molecule is CC(C)CCn1cc(CC(C)C)[nH]c1=O. The van der Waals surface area contributed by atoms with Crippen molar-refractivity contribution in [3.05, 3.63) is 22.4 Å². The molecule has 0 radical (unpaired) electrons. The van der Waals surface area contributed by atoms with Crippen LogP contribution >= 0.6 is 0 Å². The second kappa shape index (κ2) is 5.19. The Balaban J connectivity index is 2.65. The van der Waals surface area contributed by atoms with Crippen molar-refractivity contribution in [2.45, 2.75) is 47.1 Å². The van der Waals surface area contributed by atoms with E-state index in [1.165, 1.54) is 0 Å². The molecule has 0 bridgehead atoms. The molecule has 1 aromatic rings. The fraction of sp³-hybridized carbons (Fsp3) is 0.750. The van der Waals surface area contributed by atoms with E-state index < -0.39 is 0 Å². The van der Waals surface area contributed by atoms with Gasteiger partial charge in [-0.15, -0.1) is 0 Å². The van der Waals surface area contributed by atoms with Gasteiger partial charge in [-0.3, -0.25) is 4.57 Å². The standard InChI is InChI=1S/C12H22N2O/c1-9(2)5-6-14-8-11(7-10(3)4)13-12(14)15/h8-10H,5-7H2,1-4H3,(H,13,15). The van der Waals surface area contributed by atoms with E-state index in [-0.39, 0.29) is 5.69 Å². The van der Waals surface area contributed by atoms with Crippen molar-refractivity contribution < 1.29 is 0 Å². The number of aromatic nitrogens is 2. The Bertz CT molecular complexity index is 347. The van der Waals surface area contributed by atoms with Crippen LogP contribution in [0, 0.1) is 11.8 Å². The maximum atomic E-state index is 11.5. The Morgan fingerprint density at radius 3 is 2.47 bits per heavy atom.